The van der Waals surface area contributed by atoms with Crippen LogP contribution in [-0.4, -0.2) is 38.6 Å². The van der Waals surface area contributed by atoms with Crippen LogP contribution in [0.5, 0.6) is 0 Å². The summed E-state index contributed by atoms with van der Waals surface area (Å²) in [6.45, 7) is 2.87. The zero-order chi connectivity index (χ0) is 22.7. The van der Waals surface area contributed by atoms with Gasteiger partial charge in [-0.1, -0.05) is 11.8 Å². The van der Waals surface area contributed by atoms with Gasteiger partial charge in [0.05, 0.1) is 17.9 Å². The van der Waals surface area contributed by atoms with E-state index in [4.69, 9.17) is 4.74 Å². The number of rotatable bonds is 7. The van der Waals surface area contributed by atoms with Gasteiger partial charge in [-0.2, -0.15) is 0 Å². The molecule has 0 saturated carbocycles. The molecule has 0 aliphatic carbocycles. The van der Waals surface area contributed by atoms with Gasteiger partial charge in [0.25, 0.3) is 0 Å². The summed E-state index contributed by atoms with van der Waals surface area (Å²) in [4.78, 5) is 12.6. The molecule has 2 aromatic carbocycles. The SMILES string of the molecule is CC(Sc1nnc(-c2ccc(F)cc2)n1CC1CCCO1)C(=O)Nc1ccc(F)c(F)c1. The predicted molar refractivity (Wildman–Crippen MR) is 115 cm³/mol. The average Bonchev–Trinajstić information content (AvgIpc) is 3.42. The van der Waals surface area contributed by atoms with Crippen molar-refractivity contribution in [2.75, 3.05) is 11.9 Å². The Bertz CT molecular complexity index is 1100. The largest absolute Gasteiger partial charge is 0.376 e. The van der Waals surface area contributed by atoms with E-state index < -0.39 is 22.8 Å². The molecule has 0 bridgehead atoms. The third-order valence-electron chi connectivity index (χ3n) is 5.07. The van der Waals surface area contributed by atoms with E-state index in [9.17, 15) is 18.0 Å². The Balaban J connectivity index is 1.54. The molecule has 1 aliphatic heterocycles. The third-order valence-corrected chi connectivity index (χ3v) is 6.15. The lowest BCUT2D eigenvalue weighted by Gasteiger charge is -2.16. The summed E-state index contributed by atoms with van der Waals surface area (Å²) in [5.41, 5.74) is 0.858. The summed E-state index contributed by atoms with van der Waals surface area (Å²) < 4.78 is 47.5. The Morgan fingerprint density at radius 3 is 2.66 bits per heavy atom. The molecule has 1 N–H and O–H groups in total. The molecular formula is C22H21F3N4O2S. The zero-order valence-corrected chi connectivity index (χ0v) is 18.0. The zero-order valence-electron chi connectivity index (χ0n) is 17.2. The number of nitrogens with one attached hydrogen (secondary N) is 1. The molecular weight excluding hydrogens is 441 g/mol. The smallest absolute Gasteiger partial charge is 0.237 e. The lowest BCUT2D eigenvalue weighted by atomic mass is 10.2. The van der Waals surface area contributed by atoms with Gasteiger partial charge in [0.15, 0.2) is 22.6 Å². The number of amides is 1. The molecule has 6 nitrogen and oxygen atoms in total. The van der Waals surface area contributed by atoms with E-state index in [1.807, 2.05) is 4.57 Å². The van der Waals surface area contributed by atoms with Crippen molar-refractivity contribution < 1.29 is 22.7 Å². The Labute approximate surface area is 187 Å². The molecule has 4 rings (SSSR count). The fraction of sp³-hybridized carbons (Fsp3) is 0.318. The number of anilines is 1. The molecule has 2 unspecified atom stereocenters. The van der Waals surface area contributed by atoms with Crippen LogP contribution in [0.4, 0.5) is 18.9 Å². The van der Waals surface area contributed by atoms with Crippen LogP contribution < -0.4 is 5.32 Å². The number of halogens is 3. The molecule has 1 saturated heterocycles. The molecule has 1 amide bonds. The molecule has 3 aromatic rings. The van der Waals surface area contributed by atoms with Crippen LogP contribution in [0.25, 0.3) is 11.4 Å². The molecule has 1 fully saturated rings. The van der Waals surface area contributed by atoms with E-state index in [-0.39, 0.29) is 17.6 Å². The average molecular weight is 462 g/mol. The van der Waals surface area contributed by atoms with Gasteiger partial charge in [0, 0.05) is 23.9 Å². The topological polar surface area (TPSA) is 69.0 Å². The van der Waals surface area contributed by atoms with Gasteiger partial charge < -0.3 is 10.1 Å². The second-order valence-electron chi connectivity index (χ2n) is 7.44. The van der Waals surface area contributed by atoms with Gasteiger partial charge in [0.2, 0.25) is 5.91 Å². The van der Waals surface area contributed by atoms with Gasteiger partial charge in [0.1, 0.15) is 5.82 Å². The highest BCUT2D eigenvalue weighted by molar-refractivity contribution is 8.00. The highest BCUT2D eigenvalue weighted by Gasteiger charge is 2.25. The van der Waals surface area contributed by atoms with Gasteiger partial charge in [-0.15, -0.1) is 10.2 Å². The van der Waals surface area contributed by atoms with Crippen molar-refractivity contribution in [3.8, 4) is 11.4 Å². The maximum Gasteiger partial charge on any atom is 0.237 e. The van der Waals surface area contributed by atoms with E-state index >= 15 is 0 Å². The lowest BCUT2D eigenvalue weighted by molar-refractivity contribution is -0.115. The Morgan fingerprint density at radius 1 is 1.19 bits per heavy atom. The lowest BCUT2D eigenvalue weighted by Crippen LogP contribution is -2.23. The van der Waals surface area contributed by atoms with Gasteiger partial charge >= 0.3 is 0 Å². The fourth-order valence-corrected chi connectivity index (χ4v) is 4.23. The van der Waals surface area contributed by atoms with Crippen LogP contribution in [0.15, 0.2) is 47.6 Å². The summed E-state index contributed by atoms with van der Waals surface area (Å²) in [5.74, 6) is -2.22. The summed E-state index contributed by atoms with van der Waals surface area (Å²) in [6.07, 6.45) is 1.86. The van der Waals surface area contributed by atoms with Crippen molar-refractivity contribution in [1.29, 1.82) is 0 Å². The minimum atomic E-state index is -1.04. The second kappa shape index (κ2) is 9.74. The first-order valence-corrected chi connectivity index (χ1v) is 11.0. The molecule has 168 valence electrons. The van der Waals surface area contributed by atoms with Crippen molar-refractivity contribution in [2.45, 2.75) is 42.8 Å². The van der Waals surface area contributed by atoms with E-state index in [0.717, 1.165) is 25.0 Å². The Kier molecular flexibility index (Phi) is 6.80. The van der Waals surface area contributed by atoms with E-state index in [2.05, 4.69) is 15.5 Å². The Morgan fingerprint density at radius 2 is 1.97 bits per heavy atom. The van der Waals surface area contributed by atoms with E-state index in [1.54, 1.807) is 19.1 Å². The number of ether oxygens (including phenoxy) is 1. The van der Waals surface area contributed by atoms with Crippen molar-refractivity contribution in [3.63, 3.8) is 0 Å². The number of hydrogen-bond donors (Lipinski definition) is 1. The van der Waals surface area contributed by atoms with Crippen LogP contribution >= 0.6 is 11.8 Å². The number of benzene rings is 2. The molecule has 1 aromatic heterocycles. The summed E-state index contributed by atoms with van der Waals surface area (Å²) in [5, 5.41) is 11.0. The number of aromatic nitrogens is 3. The standard InChI is InChI=1S/C22H21F3N4O2S/c1-13(21(30)26-16-8-9-18(24)19(25)11-16)32-22-28-27-20(14-4-6-15(23)7-5-14)29(22)12-17-3-2-10-31-17/h4-9,11,13,17H,2-3,10,12H2,1H3,(H,26,30). The normalized spacial score (nSPS) is 16.8. The van der Waals surface area contributed by atoms with Crippen LogP contribution in [0, 0.1) is 17.5 Å². The molecule has 0 spiro atoms. The Hall–Kier alpha value is -2.85. The maximum absolute atomic E-state index is 13.4. The number of carbonyl (C=O) groups is 1. The highest BCUT2D eigenvalue weighted by Crippen LogP contribution is 2.29. The van der Waals surface area contributed by atoms with Gasteiger partial charge in [-0.3, -0.25) is 9.36 Å². The first-order valence-electron chi connectivity index (χ1n) is 10.1. The van der Waals surface area contributed by atoms with Crippen molar-refractivity contribution in [2.24, 2.45) is 0 Å². The summed E-state index contributed by atoms with van der Waals surface area (Å²) in [6, 6.07) is 9.13. The van der Waals surface area contributed by atoms with E-state index in [1.165, 1.54) is 30.0 Å². The molecule has 10 heteroatoms. The minimum absolute atomic E-state index is 0.00382. The predicted octanol–water partition coefficient (Wildman–Crippen LogP) is 4.66. The van der Waals surface area contributed by atoms with Crippen LogP contribution in [0.2, 0.25) is 0 Å². The van der Waals surface area contributed by atoms with Crippen LogP contribution in [0.1, 0.15) is 19.8 Å². The van der Waals surface area contributed by atoms with Crippen molar-refractivity contribution in [3.05, 3.63) is 59.9 Å². The number of carbonyl (C=O) groups excluding carboxylic acids is 1. The van der Waals surface area contributed by atoms with Crippen LogP contribution in [0.3, 0.4) is 0 Å². The summed E-state index contributed by atoms with van der Waals surface area (Å²) in [7, 11) is 0. The monoisotopic (exact) mass is 462 g/mol. The first kappa shape index (κ1) is 22.3. The molecule has 1 aliphatic rings. The molecule has 0 radical (unpaired) electrons. The maximum atomic E-state index is 13.4. The molecule has 2 heterocycles. The van der Waals surface area contributed by atoms with Crippen molar-refractivity contribution in [1.82, 2.24) is 14.8 Å². The number of nitrogens with zero attached hydrogens (tertiary/aromatic N) is 3. The first-order chi connectivity index (χ1) is 15.4. The van der Waals surface area contributed by atoms with Crippen molar-refractivity contribution >= 4 is 23.4 Å². The van der Waals surface area contributed by atoms with Gasteiger partial charge in [-0.05, 0) is 56.2 Å². The summed E-state index contributed by atoms with van der Waals surface area (Å²) >= 11 is 1.19. The van der Waals surface area contributed by atoms with E-state index in [0.29, 0.717) is 29.7 Å². The van der Waals surface area contributed by atoms with Crippen LogP contribution in [-0.2, 0) is 16.1 Å². The molecule has 2 atom stereocenters. The quantitative estimate of drug-likeness (QED) is 0.517. The second-order valence-corrected chi connectivity index (χ2v) is 8.74. The highest BCUT2D eigenvalue weighted by atomic mass is 32.2. The minimum Gasteiger partial charge on any atom is -0.376 e. The number of thioether (sulfide) groups is 1. The fourth-order valence-electron chi connectivity index (χ4n) is 3.37. The third kappa shape index (κ3) is 5.13. The number of hydrogen-bond acceptors (Lipinski definition) is 5. The van der Waals surface area contributed by atoms with Gasteiger partial charge in [-0.25, -0.2) is 13.2 Å². The molecule has 32 heavy (non-hydrogen) atoms.